The van der Waals surface area contributed by atoms with Gasteiger partial charge in [0.25, 0.3) is 0 Å². The third kappa shape index (κ3) is 3.95. The van der Waals surface area contributed by atoms with Gasteiger partial charge in [0.05, 0.1) is 5.41 Å². The van der Waals surface area contributed by atoms with Crippen molar-refractivity contribution in [1.82, 2.24) is 0 Å². The normalized spacial score (nSPS) is 14.3. The molecule has 0 aliphatic carbocycles. The number of ether oxygens (including phenoxy) is 1. The zero-order valence-electron chi connectivity index (χ0n) is 7.00. The Bertz CT molecular complexity index is 136. The van der Waals surface area contributed by atoms with E-state index in [-0.39, 0.29) is 0 Å². The SMILES string of the molecule is CC(C)(C)C(=O)OC(O)CO. The first-order valence-corrected chi connectivity index (χ1v) is 3.38. The molecule has 0 heterocycles. The molecule has 0 rings (SSSR count). The lowest BCUT2D eigenvalue weighted by atomic mass is 9.97. The van der Waals surface area contributed by atoms with Crippen LogP contribution in [0.25, 0.3) is 0 Å². The van der Waals surface area contributed by atoms with Gasteiger partial charge in [0.2, 0.25) is 6.29 Å². The molecule has 0 aromatic rings. The van der Waals surface area contributed by atoms with Gasteiger partial charge in [-0.25, -0.2) is 0 Å². The molecule has 2 N–H and O–H groups in total. The van der Waals surface area contributed by atoms with Crippen LogP contribution >= 0.6 is 0 Å². The summed E-state index contributed by atoms with van der Waals surface area (Å²) in [4.78, 5) is 10.9. The number of rotatable bonds is 2. The first-order valence-electron chi connectivity index (χ1n) is 3.38. The summed E-state index contributed by atoms with van der Waals surface area (Å²) in [5.74, 6) is -0.529. The third-order valence-electron chi connectivity index (χ3n) is 1.01. The van der Waals surface area contributed by atoms with Gasteiger partial charge in [-0.3, -0.25) is 4.79 Å². The van der Waals surface area contributed by atoms with E-state index in [1.54, 1.807) is 20.8 Å². The highest BCUT2D eigenvalue weighted by molar-refractivity contribution is 5.75. The van der Waals surface area contributed by atoms with Crippen molar-refractivity contribution in [2.24, 2.45) is 5.41 Å². The first-order chi connectivity index (χ1) is 4.88. The second-order valence-electron chi connectivity index (χ2n) is 3.29. The fraction of sp³-hybridized carbons (Fsp3) is 0.857. The maximum Gasteiger partial charge on any atom is 0.313 e. The minimum Gasteiger partial charge on any atom is -0.433 e. The molecule has 0 aromatic heterocycles. The number of esters is 1. The molecule has 1 atom stereocenters. The standard InChI is InChI=1S/C7H14O4/c1-7(2,3)6(10)11-5(9)4-8/h5,8-9H,4H2,1-3H3. The number of aliphatic hydroxyl groups excluding tert-OH is 2. The molecular weight excluding hydrogens is 148 g/mol. The molecule has 0 aliphatic rings. The van der Waals surface area contributed by atoms with E-state index >= 15 is 0 Å². The first kappa shape index (κ1) is 10.4. The molecule has 0 aromatic carbocycles. The van der Waals surface area contributed by atoms with Gasteiger partial charge in [0.15, 0.2) is 0 Å². The summed E-state index contributed by atoms with van der Waals surface area (Å²) in [5.41, 5.74) is -0.643. The van der Waals surface area contributed by atoms with E-state index in [1.807, 2.05) is 0 Å². The summed E-state index contributed by atoms with van der Waals surface area (Å²) >= 11 is 0. The van der Waals surface area contributed by atoms with Crippen LogP contribution in [0.15, 0.2) is 0 Å². The quantitative estimate of drug-likeness (QED) is 0.439. The Labute approximate surface area is 65.8 Å². The summed E-state index contributed by atoms with van der Waals surface area (Å²) in [6, 6.07) is 0. The van der Waals surface area contributed by atoms with Crippen LogP contribution < -0.4 is 0 Å². The maximum absolute atomic E-state index is 10.9. The Balaban J connectivity index is 3.88. The summed E-state index contributed by atoms with van der Waals surface area (Å²) in [5, 5.41) is 17.0. The predicted molar refractivity (Wildman–Crippen MR) is 38.6 cm³/mol. The third-order valence-corrected chi connectivity index (χ3v) is 1.01. The van der Waals surface area contributed by atoms with Crippen LogP contribution in [0.2, 0.25) is 0 Å². The van der Waals surface area contributed by atoms with Gasteiger partial charge < -0.3 is 14.9 Å². The van der Waals surface area contributed by atoms with Crippen LogP contribution in [0, 0.1) is 5.41 Å². The highest BCUT2D eigenvalue weighted by Gasteiger charge is 2.25. The Morgan fingerprint density at radius 3 is 2.27 bits per heavy atom. The monoisotopic (exact) mass is 162 g/mol. The van der Waals surface area contributed by atoms with E-state index in [0.29, 0.717) is 0 Å². The summed E-state index contributed by atoms with van der Waals surface area (Å²) < 4.78 is 4.43. The lowest BCUT2D eigenvalue weighted by Crippen LogP contribution is -2.29. The van der Waals surface area contributed by atoms with Crippen LogP contribution in [0.5, 0.6) is 0 Å². The fourth-order valence-electron chi connectivity index (χ4n) is 0.338. The van der Waals surface area contributed by atoms with E-state index in [0.717, 1.165) is 0 Å². The molecule has 0 amide bonds. The van der Waals surface area contributed by atoms with E-state index in [4.69, 9.17) is 10.2 Å². The largest absolute Gasteiger partial charge is 0.433 e. The van der Waals surface area contributed by atoms with Crippen molar-refractivity contribution < 1.29 is 19.7 Å². The number of carbonyl (C=O) groups is 1. The number of aliphatic hydroxyl groups is 2. The van der Waals surface area contributed by atoms with Crippen molar-refractivity contribution in [3.05, 3.63) is 0 Å². The average molecular weight is 162 g/mol. The Hall–Kier alpha value is -0.610. The summed E-state index contributed by atoms with van der Waals surface area (Å²) in [6.07, 6.45) is -1.40. The molecule has 0 spiro atoms. The van der Waals surface area contributed by atoms with Crippen molar-refractivity contribution in [3.63, 3.8) is 0 Å². The van der Waals surface area contributed by atoms with Gasteiger partial charge in [0, 0.05) is 0 Å². The van der Waals surface area contributed by atoms with Crippen molar-refractivity contribution in [2.75, 3.05) is 6.61 Å². The van der Waals surface area contributed by atoms with Crippen molar-refractivity contribution in [1.29, 1.82) is 0 Å². The van der Waals surface area contributed by atoms with Gasteiger partial charge in [-0.1, -0.05) is 0 Å². The molecular formula is C7H14O4. The Morgan fingerprint density at radius 1 is 1.55 bits per heavy atom. The number of hydrogen-bond donors (Lipinski definition) is 2. The zero-order valence-corrected chi connectivity index (χ0v) is 7.00. The molecule has 0 bridgehead atoms. The lowest BCUT2D eigenvalue weighted by Gasteiger charge is -2.18. The smallest absolute Gasteiger partial charge is 0.313 e. The molecule has 4 nitrogen and oxygen atoms in total. The van der Waals surface area contributed by atoms with E-state index in [1.165, 1.54) is 0 Å². The number of carbonyl (C=O) groups excluding carboxylic acids is 1. The van der Waals surface area contributed by atoms with Gasteiger partial charge in [-0.2, -0.15) is 0 Å². The molecule has 0 radical (unpaired) electrons. The second-order valence-corrected chi connectivity index (χ2v) is 3.29. The van der Waals surface area contributed by atoms with Crippen LogP contribution in [0.3, 0.4) is 0 Å². The Morgan fingerprint density at radius 2 is 2.00 bits per heavy atom. The van der Waals surface area contributed by atoms with Crippen molar-refractivity contribution in [3.8, 4) is 0 Å². The van der Waals surface area contributed by atoms with Crippen LogP contribution in [0.1, 0.15) is 20.8 Å². The highest BCUT2D eigenvalue weighted by atomic mass is 16.6. The minimum atomic E-state index is -1.40. The van der Waals surface area contributed by atoms with Crippen molar-refractivity contribution in [2.45, 2.75) is 27.1 Å². The van der Waals surface area contributed by atoms with E-state index in [9.17, 15) is 4.79 Å². The van der Waals surface area contributed by atoms with Gasteiger partial charge in [0.1, 0.15) is 6.61 Å². The van der Waals surface area contributed by atoms with Gasteiger partial charge in [-0.05, 0) is 20.8 Å². The molecule has 1 unspecified atom stereocenters. The summed E-state index contributed by atoms with van der Waals surface area (Å²) in [6.45, 7) is 4.43. The predicted octanol–water partition coefficient (Wildman–Crippen LogP) is -0.114. The molecule has 4 heteroatoms. The number of hydrogen-bond acceptors (Lipinski definition) is 4. The van der Waals surface area contributed by atoms with E-state index < -0.39 is 24.3 Å². The summed E-state index contributed by atoms with van der Waals surface area (Å²) in [7, 11) is 0. The topological polar surface area (TPSA) is 66.8 Å². The molecule has 0 saturated carbocycles. The minimum absolute atomic E-state index is 0.529. The highest BCUT2D eigenvalue weighted by Crippen LogP contribution is 2.15. The van der Waals surface area contributed by atoms with Crippen molar-refractivity contribution >= 4 is 5.97 Å². The van der Waals surface area contributed by atoms with Crippen LogP contribution in [0.4, 0.5) is 0 Å². The molecule has 0 aliphatic heterocycles. The molecule has 0 fully saturated rings. The van der Waals surface area contributed by atoms with Crippen LogP contribution in [-0.4, -0.2) is 29.1 Å². The zero-order chi connectivity index (χ0) is 9.07. The maximum atomic E-state index is 10.9. The second kappa shape index (κ2) is 3.69. The molecule has 11 heavy (non-hydrogen) atoms. The lowest BCUT2D eigenvalue weighted by molar-refractivity contribution is -0.182. The van der Waals surface area contributed by atoms with E-state index in [2.05, 4.69) is 4.74 Å². The molecule has 66 valence electrons. The average Bonchev–Trinajstić information content (AvgIpc) is 1.85. The van der Waals surface area contributed by atoms with Gasteiger partial charge in [-0.15, -0.1) is 0 Å². The molecule has 0 saturated heterocycles. The van der Waals surface area contributed by atoms with Gasteiger partial charge >= 0.3 is 5.97 Å². The fourth-order valence-corrected chi connectivity index (χ4v) is 0.338. The van der Waals surface area contributed by atoms with Crippen LogP contribution in [-0.2, 0) is 9.53 Å². The Kier molecular flexibility index (Phi) is 3.48.